The number of allylic oxidation sites excluding steroid dienone is 2. The maximum Gasteiger partial charge on any atom is 0.303 e. The van der Waals surface area contributed by atoms with Gasteiger partial charge in [0.25, 0.3) is 16.6 Å². The summed E-state index contributed by atoms with van der Waals surface area (Å²) in [6.45, 7) is 13.4. The van der Waals surface area contributed by atoms with Gasteiger partial charge in [-0.05, 0) is 79.9 Å². The molecule has 1 heterocycles. The quantitative estimate of drug-likeness (QED) is 0.0528. The van der Waals surface area contributed by atoms with Gasteiger partial charge in [-0.1, -0.05) is 193 Å². The monoisotopic (exact) mass is 910 g/mol. The molecule has 7 rings (SSSR count). The molecule has 0 spiro atoms. The number of fused-ring (bicyclic) bond motifs is 1. The number of ketones is 1. The standard InChI is InChI=1S/C55H63FO5SSi2/c1-54(2,3)63(41-26-13-9-14-27-41,42-28-15-10-16-29-42)60-49-39-48(57)45(34-21-7-8-22-36-52(58)59)46(49)38-47(56)53(51-37-40-25-23-24-35-50(40)62-51)61-64(55(4,5)6,43-30-17-11-18-31-43)44-32-19-12-20-33-44/h7,9-21,23-33,35,37,45-47,49,53H,8,22,34,36,38-39H2,1-6H3,(H,58,59)/b21-7-/t45-,46-,47?,49-,53?/m1/s1. The number of hydrogen-bond donors (Lipinski definition) is 1. The molecule has 0 bridgehead atoms. The minimum Gasteiger partial charge on any atom is -0.481 e. The molecular weight excluding hydrogens is 848 g/mol. The first-order valence-corrected chi connectivity index (χ1v) is 27.4. The van der Waals surface area contributed by atoms with Crippen molar-refractivity contribution in [1.82, 2.24) is 0 Å². The number of rotatable bonds is 18. The molecule has 6 aromatic rings. The van der Waals surface area contributed by atoms with E-state index in [1.54, 1.807) is 11.3 Å². The molecule has 1 N–H and O–H groups in total. The third-order valence-electron chi connectivity index (χ3n) is 13.1. The van der Waals surface area contributed by atoms with E-state index in [1.807, 2.05) is 72.8 Å². The molecule has 5 aromatic carbocycles. The lowest BCUT2D eigenvalue weighted by Crippen LogP contribution is -2.68. The number of carboxylic acids is 1. The molecule has 1 aliphatic rings. The number of aliphatic carboxylic acids is 1. The second kappa shape index (κ2) is 20.2. The smallest absolute Gasteiger partial charge is 0.303 e. The van der Waals surface area contributed by atoms with E-state index in [2.05, 4.69) is 133 Å². The van der Waals surface area contributed by atoms with E-state index in [9.17, 15) is 14.7 Å². The predicted octanol–water partition coefficient (Wildman–Crippen LogP) is 11.6. The highest BCUT2D eigenvalue weighted by molar-refractivity contribution is 7.19. The minimum atomic E-state index is -3.28. The summed E-state index contributed by atoms with van der Waals surface area (Å²) in [5.41, 5.74) is 0. The Morgan fingerprint density at radius 3 is 1.70 bits per heavy atom. The fraction of sp³-hybridized carbons (Fsp3) is 0.345. The summed E-state index contributed by atoms with van der Waals surface area (Å²) in [5.74, 6) is -1.72. The van der Waals surface area contributed by atoms with Gasteiger partial charge in [0.15, 0.2) is 0 Å². The second-order valence-electron chi connectivity index (χ2n) is 19.4. The van der Waals surface area contributed by atoms with Crippen LogP contribution in [0.15, 0.2) is 164 Å². The number of halogens is 1. The van der Waals surface area contributed by atoms with Crippen molar-refractivity contribution in [2.75, 3.05) is 0 Å². The van der Waals surface area contributed by atoms with Crippen molar-refractivity contribution in [3.63, 3.8) is 0 Å². The van der Waals surface area contributed by atoms with Crippen LogP contribution in [0.25, 0.3) is 10.1 Å². The third kappa shape index (κ3) is 9.89. The molecule has 1 saturated carbocycles. The van der Waals surface area contributed by atoms with Crippen LogP contribution in [-0.2, 0) is 18.4 Å². The summed E-state index contributed by atoms with van der Waals surface area (Å²) in [6.07, 6.45) is 2.82. The fourth-order valence-electron chi connectivity index (χ4n) is 10.1. The molecule has 64 heavy (non-hydrogen) atoms. The van der Waals surface area contributed by atoms with E-state index in [0.717, 1.165) is 35.7 Å². The van der Waals surface area contributed by atoms with E-state index in [0.29, 0.717) is 19.3 Å². The summed E-state index contributed by atoms with van der Waals surface area (Å²) in [5, 5.41) is 13.9. The van der Waals surface area contributed by atoms with Crippen molar-refractivity contribution in [1.29, 1.82) is 0 Å². The maximum atomic E-state index is 18.7. The van der Waals surface area contributed by atoms with Gasteiger partial charge in [-0.25, -0.2) is 4.39 Å². The zero-order valence-electron chi connectivity index (χ0n) is 38.1. The Morgan fingerprint density at radius 1 is 0.734 bits per heavy atom. The molecule has 0 amide bonds. The van der Waals surface area contributed by atoms with Crippen LogP contribution in [0.1, 0.15) is 91.0 Å². The Balaban J connectivity index is 1.36. The zero-order valence-corrected chi connectivity index (χ0v) is 40.9. The Kier molecular flexibility index (Phi) is 14.9. The number of benzene rings is 5. The number of unbranched alkanes of at least 4 members (excludes halogenated alkanes) is 1. The summed E-state index contributed by atoms with van der Waals surface area (Å²) >= 11 is 1.58. The van der Waals surface area contributed by atoms with Crippen molar-refractivity contribution in [3.8, 4) is 0 Å². The van der Waals surface area contributed by atoms with E-state index in [4.69, 9.17) is 8.85 Å². The SMILES string of the molecule is CC(C)(C)[Si](OC(c1cc2ccccc2s1)C(F)C[C@H]1[C@H](O[Si](c2ccccc2)(c2ccccc2)C(C)(C)C)CC(=O)[C@@H]1C/C=C\CCCC(=O)O)(c1ccccc1)c1ccccc1. The summed E-state index contributed by atoms with van der Waals surface area (Å²) in [4.78, 5) is 26.6. The first kappa shape index (κ1) is 47.2. The van der Waals surface area contributed by atoms with E-state index >= 15 is 4.39 Å². The fourth-order valence-corrected chi connectivity index (χ4v) is 20.7. The molecule has 9 heteroatoms. The Labute approximate surface area is 385 Å². The van der Waals surface area contributed by atoms with Crippen molar-refractivity contribution in [3.05, 3.63) is 169 Å². The van der Waals surface area contributed by atoms with Crippen molar-refractivity contribution in [2.45, 2.75) is 109 Å². The summed E-state index contributed by atoms with van der Waals surface area (Å²) < 4.78 is 35.3. The molecule has 5 nitrogen and oxygen atoms in total. The average molecular weight is 911 g/mol. The molecule has 1 aliphatic carbocycles. The number of carbonyl (C=O) groups excluding carboxylic acids is 1. The summed E-state index contributed by atoms with van der Waals surface area (Å²) in [6, 6.07) is 52.0. The Hall–Kier alpha value is -4.78. The maximum absolute atomic E-state index is 18.7. The van der Waals surface area contributed by atoms with Gasteiger partial charge in [0, 0.05) is 28.3 Å². The molecule has 2 unspecified atom stereocenters. The van der Waals surface area contributed by atoms with Gasteiger partial charge in [-0.15, -0.1) is 11.3 Å². The number of hydrogen-bond acceptors (Lipinski definition) is 5. The van der Waals surface area contributed by atoms with Crippen LogP contribution in [0, 0.1) is 11.8 Å². The molecule has 0 aliphatic heterocycles. The first-order chi connectivity index (χ1) is 30.7. The van der Waals surface area contributed by atoms with E-state index in [-0.39, 0.29) is 30.1 Å². The lowest BCUT2D eigenvalue weighted by molar-refractivity contribution is -0.137. The van der Waals surface area contributed by atoms with Crippen molar-refractivity contribution < 1.29 is 27.9 Å². The highest BCUT2D eigenvalue weighted by Crippen LogP contribution is 2.48. The van der Waals surface area contributed by atoms with Crippen LogP contribution in [0.5, 0.6) is 0 Å². The molecule has 0 saturated heterocycles. The normalized spacial score (nSPS) is 18.4. The Bertz CT molecular complexity index is 2370. The zero-order chi connectivity index (χ0) is 45.5. The second-order valence-corrected chi connectivity index (χ2v) is 29.0. The molecule has 1 aromatic heterocycles. The molecule has 1 fully saturated rings. The number of thiophene rings is 1. The highest BCUT2D eigenvalue weighted by atomic mass is 32.1. The highest BCUT2D eigenvalue weighted by Gasteiger charge is 2.57. The van der Waals surface area contributed by atoms with Gasteiger partial charge in [-0.2, -0.15) is 0 Å². The van der Waals surface area contributed by atoms with Crippen LogP contribution in [0.2, 0.25) is 10.1 Å². The lowest BCUT2D eigenvalue weighted by Gasteiger charge is -2.46. The van der Waals surface area contributed by atoms with Gasteiger partial charge >= 0.3 is 5.97 Å². The average Bonchev–Trinajstić information content (AvgIpc) is 3.84. The summed E-state index contributed by atoms with van der Waals surface area (Å²) in [7, 11) is -6.44. The number of alkyl halides is 1. The molecule has 334 valence electrons. The van der Waals surface area contributed by atoms with Crippen LogP contribution in [0.4, 0.5) is 4.39 Å². The first-order valence-electron chi connectivity index (χ1n) is 22.8. The van der Waals surface area contributed by atoms with E-state index in [1.165, 1.54) is 0 Å². The van der Waals surface area contributed by atoms with Gasteiger partial charge in [-0.3, -0.25) is 9.59 Å². The lowest BCUT2D eigenvalue weighted by atomic mass is 9.85. The van der Waals surface area contributed by atoms with Gasteiger partial charge < -0.3 is 14.0 Å². The van der Waals surface area contributed by atoms with Gasteiger partial charge in [0.05, 0.1) is 6.10 Å². The minimum absolute atomic E-state index is 0.0588. The molecule has 0 radical (unpaired) electrons. The van der Waals surface area contributed by atoms with Crippen LogP contribution in [-0.4, -0.2) is 45.8 Å². The van der Waals surface area contributed by atoms with Crippen LogP contribution < -0.4 is 20.7 Å². The largest absolute Gasteiger partial charge is 0.481 e. The van der Waals surface area contributed by atoms with Crippen LogP contribution >= 0.6 is 11.3 Å². The van der Waals surface area contributed by atoms with Crippen molar-refractivity contribution >= 4 is 70.6 Å². The van der Waals surface area contributed by atoms with Crippen molar-refractivity contribution in [2.24, 2.45) is 11.8 Å². The van der Waals surface area contributed by atoms with Gasteiger partial charge in [0.1, 0.15) is 18.1 Å². The Morgan fingerprint density at radius 2 is 1.22 bits per heavy atom. The van der Waals surface area contributed by atoms with Gasteiger partial charge in [0.2, 0.25) is 0 Å². The topological polar surface area (TPSA) is 72.8 Å². The number of Topliss-reactive ketones (excluding diaryl/α,β-unsaturated/α-hetero) is 1. The number of carboxylic acid groups (broad SMARTS) is 1. The number of carbonyl (C=O) groups is 2. The van der Waals surface area contributed by atoms with E-state index < -0.39 is 57.9 Å². The predicted molar refractivity (Wildman–Crippen MR) is 267 cm³/mol. The molecule has 5 atom stereocenters. The third-order valence-corrected chi connectivity index (χ3v) is 24.4. The molecular formula is C55H63FO5SSi2. The van der Waals surface area contributed by atoms with Crippen LogP contribution in [0.3, 0.4) is 0 Å².